The summed E-state index contributed by atoms with van der Waals surface area (Å²) in [5, 5.41) is 1.67. The number of sulfonamides is 1. The molecule has 0 aliphatic heterocycles. The maximum Gasteiger partial charge on any atom is 0.419 e. The number of aromatic nitrogens is 1. The van der Waals surface area contributed by atoms with Crippen LogP contribution in [-0.2, 0) is 17.1 Å². The van der Waals surface area contributed by atoms with Gasteiger partial charge < -0.3 is 4.42 Å². The van der Waals surface area contributed by atoms with E-state index in [9.17, 15) is 13.2 Å². The maximum atomic E-state index is 12.9. The second-order valence-electron chi connectivity index (χ2n) is 5.81. The van der Waals surface area contributed by atoms with Crippen LogP contribution >= 0.6 is 11.6 Å². The van der Waals surface area contributed by atoms with Crippen LogP contribution in [-0.4, -0.2) is 13.0 Å². The van der Waals surface area contributed by atoms with Crippen LogP contribution in [0.1, 0.15) is 0 Å². The van der Waals surface area contributed by atoms with Crippen molar-refractivity contribution < 1.29 is 12.8 Å². The van der Waals surface area contributed by atoms with Crippen molar-refractivity contribution in [3.05, 3.63) is 70.2 Å². The van der Waals surface area contributed by atoms with Crippen molar-refractivity contribution in [2.75, 3.05) is 4.72 Å². The molecular weight excluding hydrogens is 376 g/mol. The highest BCUT2D eigenvalue weighted by atomic mass is 35.5. The third kappa shape index (κ3) is 2.65. The van der Waals surface area contributed by atoms with Gasteiger partial charge in [-0.15, -0.1) is 0 Å². The maximum absolute atomic E-state index is 12.9. The first kappa shape index (κ1) is 16.7. The van der Waals surface area contributed by atoms with Gasteiger partial charge in [-0.2, -0.15) is 0 Å². The molecule has 0 radical (unpaired) electrons. The van der Waals surface area contributed by atoms with Gasteiger partial charge in [0.25, 0.3) is 10.0 Å². The van der Waals surface area contributed by atoms with E-state index in [0.29, 0.717) is 11.2 Å². The molecule has 0 atom stereocenters. The Kier molecular flexibility index (Phi) is 3.78. The van der Waals surface area contributed by atoms with E-state index in [4.69, 9.17) is 16.0 Å². The second-order valence-corrected chi connectivity index (χ2v) is 7.87. The molecule has 0 saturated carbocycles. The van der Waals surface area contributed by atoms with Gasteiger partial charge in [0.2, 0.25) is 0 Å². The van der Waals surface area contributed by atoms with Crippen molar-refractivity contribution in [1.82, 2.24) is 4.57 Å². The summed E-state index contributed by atoms with van der Waals surface area (Å²) in [4.78, 5) is 11.5. The van der Waals surface area contributed by atoms with Gasteiger partial charge in [-0.3, -0.25) is 9.29 Å². The number of rotatable bonds is 3. The largest absolute Gasteiger partial charge is 0.419 e. The van der Waals surface area contributed by atoms with Gasteiger partial charge in [0, 0.05) is 18.5 Å². The highest BCUT2D eigenvalue weighted by molar-refractivity contribution is 7.92. The molecule has 0 unspecified atom stereocenters. The van der Waals surface area contributed by atoms with E-state index >= 15 is 0 Å². The minimum Gasteiger partial charge on any atom is -0.408 e. The summed E-state index contributed by atoms with van der Waals surface area (Å²) < 4.78 is 34.7. The zero-order valence-corrected chi connectivity index (χ0v) is 15.1. The normalized spacial score (nSPS) is 11.9. The third-order valence-electron chi connectivity index (χ3n) is 4.17. The van der Waals surface area contributed by atoms with E-state index in [1.165, 1.54) is 23.7 Å². The van der Waals surface area contributed by atoms with Gasteiger partial charge in [0.1, 0.15) is 4.90 Å². The first-order chi connectivity index (χ1) is 12.4. The molecule has 0 amide bonds. The monoisotopic (exact) mass is 388 g/mol. The topological polar surface area (TPSA) is 81.3 Å². The minimum absolute atomic E-state index is 0.00152. The summed E-state index contributed by atoms with van der Waals surface area (Å²) in [5.74, 6) is -0.590. The van der Waals surface area contributed by atoms with Crippen molar-refractivity contribution in [1.29, 1.82) is 0 Å². The molecule has 8 heteroatoms. The Morgan fingerprint density at radius 3 is 2.62 bits per heavy atom. The summed E-state index contributed by atoms with van der Waals surface area (Å²) in [6.45, 7) is 0. The Balaban J connectivity index is 1.85. The predicted octanol–water partition coefficient (Wildman–Crippen LogP) is 3.74. The number of nitrogens with zero attached hydrogens (tertiary/aromatic N) is 1. The van der Waals surface area contributed by atoms with Crippen LogP contribution in [0, 0.1) is 0 Å². The summed E-state index contributed by atoms with van der Waals surface area (Å²) in [6.07, 6.45) is 0. The van der Waals surface area contributed by atoms with Gasteiger partial charge in [-0.1, -0.05) is 48.0 Å². The van der Waals surface area contributed by atoms with Gasteiger partial charge in [-0.05, 0) is 17.5 Å². The van der Waals surface area contributed by atoms with Crippen molar-refractivity contribution in [3.8, 4) is 0 Å². The fourth-order valence-corrected chi connectivity index (χ4v) is 4.47. The van der Waals surface area contributed by atoms with Crippen molar-refractivity contribution in [2.45, 2.75) is 4.90 Å². The molecule has 0 fully saturated rings. The highest BCUT2D eigenvalue weighted by Crippen LogP contribution is 2.30. The number of nitrogens with one attached hydrogen (secondary N) is 1. The van der Waals surface area contributed by atoms with Crippen molar-refractivity contribution in [3.63, 3.8) is 0 Å². The average Bonchev–Trinajstić information content (AvgIpc) is 2.88. The standard InChI is InChI=1S/C18H13ClN2O4S/c1-21-15-9-13(19)17(10-16(15)25-18(21)22)26(23,24)20-14-8-4-6-11-5-2-3-7-12(11)14/h2-10,20H,1H3. The van der Waals surface area contributed by atoms with Crippen LogP contribution < -0.4 is 10.5 Å². The molecule has 3 aromatic carbocycles. The Labute approximate surface area is 153 Å². The summed E-state index contributed by atoms with van der Waals surface area (Å²) in [7, 11) is -2.46. The zero-order valence-electron chi connectivity index (χ0n) is 13.6. The smallest absolute Gasteiger partial charge is 0.408 e. The lowest BCUT2D eigenvalue weighted by Crippen LogP contribution is -2.14. The number of aryl methyl sites for hydroxylation is 1. The molecule has 6 nitrogen and oxygen atoms in total. The first-order valence-corrected chi connectivity index (χ1v) is 9.52. The third-order valence-corrected chi connectivity index (χ3v) is 6.00. The van der Waals surface area contributed by atoms with E-state index in [0.717, 1.165) is 10.8 Å². The first-order valence-electron chi connectivity index (χ1n) is 7.66. The molecule has 1 N–H and O–H groups in total. The number of hydrogen-bond donors (Lipinski definition) is 1. The molecular formula is C18H13ClN2O4S. The van der Waals surface area contributed by atoms with Crippen LogP contribution in [0.3, 0.4) is 0 Å². The number of fused-ring (bicyclic) bond motifs is 2. The van der Waals surface area contributed by atoms with E-state index < -0.39 is 15.8 Å². The van der Waals surface area contributed by atoms with Gasteiger partial charge in [0.05, 0.1) is 16.2 Å². The predicted molar refractivity (Wildman–Crippen MR) is 101 cm³/mol. The molecule has 1 heterocycles. The van der Waals surface area contributed by atoms with Crippen LogP contribution in [0.4, 0.5) is 5.69 Å². The quantitative estimate of drug-likeness (QED) is 0.579. The van der Waals surface area contributed by atoms with Crippen LogP contribution in [0.15, 0.2) is 68.7 Å². The molecule has 0 bridgehead atoms. The molecule has 0 saturated heterocycles. The van der Waals surface area contributed by atoms with E-state index in [2.05, 4.69) is 4.72 Å². The number of oxazole rings is 1. The molecule has 26 heavy (non-hydrogen) atoms. The highest BCUT2D eigenvalue weighted by Gasteiger charge is 2.22. The van der Waals surface area contributed by atoms with E-state index in [1.807, 2.05) is 30.3 Å². The van der Waals surface area contributed by atoms with Gasteiger partial charge in [0.15, 0.2) is 5.58 Å². The van der Waals surface area contributed by atoms with E-state index in [-0.39, 0.29) is 15.5 Å². The molecule has 0 aliphatic carbocycles. The number of hydrogen-bond acceptors (Lipinski definition) is 4. The molecule has 132 valence electrons. The molecule has 1 aromatic heterocycles. The minimum atomic E-state index is -3.98. The lowest BCUT2D eigenvalue weighted by molar-refractivity contribution is 0.527. The van der Waals surface area contributed by atoms with E-state index in [1.54, 1.807) is 12.1 Å². The fraction of sp³-hybridized carbons (Fsp3) is 0.0556. The van der Waals surface area contributed by atoms with Gasteiger partial charge >= 0.3 is 5.76 Å². The SMILES string of the molecule is Cn1c(=O)oc2cc(S(=O)(=O)Nc3cccc4ccccc34)c(Cl)cc21. The van der Waals surface area contributed by atoms with Crippen molar-refractivity contribution in [2.24, 2.45) is 7.05 Å². The summed E-state index contributed by atoms with van der Waals surface area (Å²) >= 11 is 6.18. The van der Waals surface area contributed by atoms with Crippen LogP contribution in [0.2, 0.25) is 5.02 Å². The number of halogens is 1. The van der Waals surface area contributed by atoms with Gasteiger partial charge in [-0.25, -0.2) is 13.2 Å². The van der Waals surface area contributed by atoms with Crippen LogP contribution in [0.25, 0.3) is 21.9 Å². The molecule has 0 spiro atoms. The molecule has 4 rings (SSSR count). The van der Waals surface area contributed by atoms with Crippen molar-refractivity contribution >= 4 is 49.2 Å². The second kappa shape index (κ2) is 5.89. The summed E-state index contributed by atoms with van der Waals surface area (Å²) in [6, 6.07) is 15.4. The Morgan fingerprint density at radius 1 is 1.08 bits per heavy atom. The Hall–Kier alpha value is -2.77. The Bertz CT molecular complexity index is 1320. The lowest BCUT2D eigenvalue weighted by Gasteiger charge is -2.12. The zero-order chi connectivity index (χ0) is 18.5. The average molecular weight is 389 g/mol. The lowest BCUT2D eigenvalue weighted by atomic mass is 10.1. The summed E-state index contributed by atoms with van der Waals surface area (Å²) in [5.41, 5.74) is 1.01. The molecule has 0 aliphatic rings. The fourth-order valence-electron chi connectivity index (χ4n) is 2.85. The Morgan fingerprint density at radius 2 is 1.81 bits per heavy atom. The number of benzene rings is 3. The van der Waals surface area contributed by atoms with Crippen LogP contribution in [0.5, 0.6) is 0 Å². The number of anilines is 1. The molecule has 4 aromatic rings.